The summed E-state index contributed by atoms with van der Waals surface area (Å²) in [7, 11) is -4.06. The lowest BCUT2D eigenvalue weighted by Crippen LogP contribution is -2.43. The van der Waals surface area contributed by atoms with Crippen molar-refractivity contribution < 1.29 is 13.2 Å². The van der Waals surface area contributed by atoms with E-state index in [2.05, 4.69) is 25.4 Å². The van der Waals surface area contributed by atoms with Gasteiger partial charge >= 0.3 is 0 Å². The zero-order valence-corrected chi connectivity index (χ0v) is 21.4. The number of allylic oxidation sites excluding steroid dienone is 2. The SMILES string of the molecule is O=NC1=C(NCCSc2ccccc2)C=CC(S(=O)(=O)NC(=O)c2ccc(N3CCNCC3)cc2)C1. The highest BCUT2D eigenvalue weighted by Gasteiger charge is 2.30. The molecule has 1 heterocycles. The van der Waals surface area contributed by atoms with Crippen molar-refractivity contribution >= 4 is 33.4 Å². The molecule has 0 aromatic heterocycles. The Hall–Kier alpha value is -3.15. The van der Waals surface area contributed by atoms with Crippen molar-refractivity contribution in [3.63, 3.8) is 0 Å². The molecule has 1 unspecified atom stereocenters. The quantitative estimate of drug-likeness (QED) is 0.245. The predicted molar refractivity (Wildman–Crippen MR) is 143 cm³/mol. The van der Waals surface area contributed by atoms with Crippen LogP contribution >= 0.6 is 11.8 Å². The van der Waals surface area contributed by atoms with Crippen molar-refractivity contribution in [3.8, 4) is 0 Å². The molecule has 2 aromatic carbocycles. The number of rotatable bonds is 10. The number of nitroso groups, excluding NO2 is 1. The summed E-state index contributed by atoms with van der Waals surface area (Å²) >= 11 is 1.67. The van der Waals surface area contributed by atoms with Gasteiger partial charge < -0.3 is 15.5 Å². The van der Waals surface area contributed by atoms with Crippen LogP contribution in [-0.2, 0) is 10.0 Å². The summed E-state index contributed by atoms with van der Waals surface area (Å²) in [6.07, 6.45) is 2.91. The third kappa shape index (κ3) is 6.74. The number of amides is 1. The van der Waals surface area contributed by atoms with Gasteiger partial charge in [0.1, 0.15) is 10.9 Å². The van der Waals surface area contributed by atoms with E-state index in [1.54, 1.807) is 30.0 Å². The number of sulfonamides is 1. The number of anilines is 1. The van der Waals surface area contributed by atoms with E-state index in [4.69, 9.17) is 0 Å². The van der Waals surface area contributed by atoms with Crippen molar-refractivity contribution in [3.05, 3.63) is 88.6 Å². The molecule has 3 N–H and O–H groups in total. The molecule has 190 valence electrons. The van der Waals surface area contributed by atoms with Crippen molar-refractivity contribution in [2.75, 3.05) is 43.4 Å². The molecule has 4 rings (SSSR count). The van der Waals surface area contributed by atoms with E-state index in [-0.39, 0.29) is 17.7 Å². The van der Waals surface area contributed by atoms with Crippen LogP contribution in [0.1, 0.15) is 16.8 Å². The monoisotopic (exact) mass is 527 g/mol. The Morgan fingerprint density at radius 3 is 2.50 bits per heavy atom. The van der Waals surface area contributed by atoms with E-state index in [0.717, 1.165) is 42.5 Å². The number of thioether (sulfide) groups is 1. The van der Waals surface area contributed by atoms with Crippen LogP contribution in [0.15, 0.2) is 88.2 Å². The minimum atomic E-state index is -4.06. The number of benzene rings is 2. The first kappa shape index (κ1) is 25.9. The maximum atomic E-state index is 12.9. The summed E-state index contributed by atoms with van der Waals surface area (Å²) in [5, 5.41) is 8.41. The van der Waals surface area contributed by atoms with Crippen LogP contribution in [0.3, 0.4) is 0 Å². The van der Waals surface area contributed by atoms with E-state index in [1.165, 1.54) is 6.08 Å². The standard InChI is InChI=1S/C25H29N5O4S2/c31-25(19-6-8-20(9-7-19)30-15-12-26-13-16-30)29-36(33,34)22-10-11-23(24(18-22)28-32)27-14-17-35-21-4-2-1-3-5-21/h1-11,22,26-27H,12-18H2,(H,29,31). The van der Waals surface area contributed by atoms with Gasteiger partial charge in [0.25, 0.3) is 5.91 Å². The third-order valence-corrected chi connectivity index (χ3v) is 8.57. The minimum Gasteiger partial charge on any atom is -0.383 e. The van der Waals surface area contributed by atoms with Gasteiger partial charge in [-0.2, -0.15) is 0 Å². The fraction of sp³-hybridized carbons (Fsp3) is 0.320. The van der Waals surface area contributed by atoms with Crippen molar-refractivity contribution in [2.24, 2.45) is 5.18 Å². The van der Waals surface area contributed by atoms with Gasteiger partial charge in [-0.1, -0.05) is 24.3 Å². The number of nitrogens with one attached hydrogen (secondary N) is 3. The molecular weight excluding hydrogens is 498 g/mol. The lowest BCUT2D eigenvalue weighted by atomic mass is 10.1. The third-order valence-electron chi connectivity index (χ3n) is 5.97. The number of carbonyl (C=O) groups is 1. The Balaban J connectivity index is 1.31. The summed E-state index contributed by atoms with van der Waals surface area (Å²) < 4.78 is 27.9. The number of nitrogens with zero attached hydrogens (tertiary/aromatic N) is 2. The Morgan fingerprint density at radius 2 is 1.81 bits per heavy atom. The van der Waals surface area contributed by atoms with Gasteiger partial charge in [-0.15, -0.1) is 16.7 Å². The second-order valence-corrected chi connectivity index (χ2v) is 11.5. The molecular formula is C25H29N5O4S2. The molecule has 0 radical (unpaired) electrons. The molecule has 0 saturated carbocycles. The Kier molecular flexibility index (Phi) is 8.79. The normalized spacial score (nSPS) is 18.1. The molecule has 0 spiro atoms. The smallest absolute Gasteiger partial charge is 0.264 e. The molecule has 9 nitrogen and oxygen atoms in total. The number of carbonyl (C=O) groups excluding carboxylic acids is 1. The Labute approximate surface area is 215 Å². The van der Waals surface area contributed by atoms with Crippen LogP contribution in [0.2, 0.25) is 0 Å². The summed E-state index contributed by atoms with van der Waals surface area (Å²) in [5.74, 6) is 0.0559. The summed E-state index contributed by atoms with van der Waals surface area (Å²) in [5.41, 5.74) is 1.85. The molecule has 36 heavy (non-hydrogen) atoms. The minimum absolute atomic E-state index is 0.112. The average molecular weight is 528 g/mol. The summed E-state index contributed by atoms with van der Waals surface area (Å²) in [6, 6.07) is 16.8. The second-order valence-electron chi connectivity index (χ2n) is 8.40. The van der Waals surface area contributed by atoms with Crippen LogP contribution in [0.5, 0.6) is 0 Å². The maximum absolute atomic E-state index is 12.9. The molecule has 2 aromatic rings. The first-order valence-corrected chi connectivity index (χ1v) is 14.3. The Bertz CT molecular complexity index is 1220. The maximum Gasteiger partial charge on any atom is 0.264 e. The van der Waals surface area contributed by atoms with Crippen LogP contribution < -0.4 is 20.3 Å². The van der Waals surface area contributed by atoms with E-state index < -0.39 is 21.2 Å². The number of hydrogen-bond donors (Lipinski definition) is 3. The lowest BCUT2D eigenvalue weighted by Gasteiger charge is -2.29. The van der Waals surface area contributed by atoms with Crippen LogP contribution in [0, 0.1) is 4.91 Å². The van der Waals surface area contributed by atoms with Crippen LogP contribution in [-0.4, -0.2) is 58.1 Å². The average Bonchev–Trinajstić information content (AvgIpc) is 2.92. The van der Waals surface area contributed by atoms with Crippen LogP contribution in [0.4, 0.5) is 5.69 Å². The van der Waals surface area contributed by atoms with Gasteiger partial charge in [0.15, 0.2) is 0 Å². The molecule has 1 amide bonds. The van der Waals surface area contributed by atoms with E-state index >= 15 is 0 Å². The van der Waals surface area contributed by atoms with Crippen molar-refractivity contribution in [1.29, 1.82) is 0 Å². The second kappa shape index (κ2) is 12.2. The van der Waals surface area contributed by atoms with Gasteiger partial charge in [-0.05, 0) is 47.7 Å². The molecule has 1 aliphatic heterocycles. The van der Waals surface area contributed by atoms with Gasteiger partial charge in [0.05, 0.1) is 5.70 Å². The topological polar surface area (TPSA) is 120 Å². The molecule has 0 bridgehead atoms. The first-order chi connectivity index (χ1) is 17.5. The molecule has 1 fully saturated rings. The van der Waals surface area contributed by atoms with E-state index in [9.17, 15) is 18.1 Å². The zero-order valence-electron chi connectivity index (χ0n) is 19.7. The molecule has 1 aliphatic carbocycles. The van der Waals surface area contributed by atoms with Gasteiger partial charge in [-0.3, -0.25) is 4.79 Å². The van der Waals surface area contributed by atoms with Crippen LogP contribution in [0.25, 0.3) is 0 Å². The highest BCUT2D eigenvalue weighted by atomic mass is 32.2. The lowest BCUT2D eigenvalue weighted by molar-refractivity contribution is 0.0981. The van der Waals surface area contributed by atoms with Crippen molar-refractivity contribution in [2.45, 2.75) is 16.6 Å². The zero-order chi connectivity index (χ0) is 25.4. The fourth-order valence-corrected chi connectivity index (χ4v) is 5.99. The summed E-state index contributed by atoms with van der Waals surface area (Å²) in [4.78, 5) is 27.4. The first-order valence-electron chi connectivity index (χ1n) is 11.7. The van der Waals surface area contributed by atoms with Crippen molar-refractivity contribution in [1.82, 2.24) is 15.4 Å². The number of piperazine rings is 1. The largest absolute Gasteiger partial charge is 0.383 e. The Morgan fingerprint density at radius 1 is 1.08 bits per heavy atom. The van der Waals surface area contributed by atoms with Gasteiger partial charge in [0, 0.05) is 61.0 Å². The van der Waals surface area contributed by atoms with E-state index in [0.29, 0.717) is 12.2 Å². The van der Waals surface area contributed by atoms with Gasteiger partial charge in [0.2, 0.25) is 10.0 Å². The fourth-order valence-electron chi connectivity index (χ4n) is 4.01. The highest BCUT2D eigenvalue weighted by Crippen LogP contribution is 2.24. The number of hydrogen-bond acceptors (Lipinski definition) is 9. The summed E-state index contributed by atoms with van der Waals surface area (Å²) in [6.45, 7) is 4.11. The predicted octanol–water partition coefficient (Wildman–Crippen LogP) is 2.84. The molecule has 1 saturated heterocycles. The molecule has 11 heteroatoms. The van der Waals surface area contributed by atoms with E-state index in [1.807, 2.05) is 42.5 Å². The molecule has 2 aliphatic rings. The molecule has 1 atom stereocenters. The highest BCUT2D eigenvalue weighted by molar-refractivity contribution is 7.99. The van der Waals surface area contributed by atoms with Gasteiger partial charge in [-0.25, -0.2) is 13.1 Å².